The lowest BCUT2D eigenvalue weighted by Crippen LogP contribution is -2.31. The predicted octanol–water partition coefficient (Wildman–Crippen LogP) is 3.95. The van der Waals surface area contributed by atoms with Crippen LogP contribution in [0.25, 0.3) is 21.9 Å². The molecular weight excluding hydrogens is 470 g/mol. The molecule has 0 saturated heterocycles. The number of aromatic carboxylic acids is 1. The van der Waals surface area contributed by atoms with Crippen molar-refractivity contribution in [2.24, 2.45) is 0 Å². The zero-order valence-electron chi connectivity index (χ0n) is 18.9. The summed E-state index contributed by atoms with van der Waals surface area (Å²) in [7, 11) is 0. The average Bonchev–Trinajstić information content (AvgIpc) is 3.16. The van der Waals surface area contributed by atoms with E-state index in [1.54, 1.807) is 19.1 Å². The summed E-state index contributed by atoms with van der Waals surface area (Å²) in [6, 6.07) is 15.4. The summed E-state index contributed by atoms with van der Waals surface area (Å²) in [4.78, 5) is 51.1. The SMILES string of the molecule is CCOC(=O)c1c(NC(=O)Cn2nc(C(=O)O)c3ccccc3c2=O)sc(C)c1-c1ccccc1. The van der Waals surface area contributed by atoms with Crippen LogP contribution in [-0.2, 0) is 16.1 Å². The third-order valence-electron chi connectivity index (χ3n) is 5.24. The molecule has 0 aliphatic rings. The molecule has 0 aliphatic heterocycles. The molecule has 0 unspecified atom stereocenters. The van der Waals surface area contributed by atoms with E-state index >= 15 is 0 Å². The lowest BCUT2D eigenvalue weighted by Gasteiger charge is -2.11. The van der Waals surface area contributed by atoms with Gasteiger partial charge in [-0.1, -0.05) is 48.5 Å². The zero-order valence-corrected chi connectivity index (χ0v) is 19.7. The van der Waals surface area contributed by atoms with Crippen LogP contribution in [0.4, 0.5) is 5.00 Å². The van der Waals surface area contributed by atoms with E-state index in [0.29, 0.717) is 5.56 Å². The number of hydrogen-bond donors (Lipinski definition) is 2. The van der Waals surface area contributed by atoms with E-state index in [1.165, 1.54) is 23.5 Å². The molecule has 10 heteroatoms. The standard InChI is InChI=1S/C25H21N3O6S/c1-3-34-25(33)20-19(15-9-5-4-6-10-15)14(2)35-22(20)26-18(29)13-28-23(30)17-12-8-7-11-16(17)21(27-28)24(31)32/h4-12H,3,13H2,1-2H3,(H,26,29)(H,31,32). The van der Waals surface area contributed by atoms with E-state index < -0.39 is 29.9 Å². The Morgan fingerprint density at radius 2 is 1.71 bits per heavy atom. The van der Waals surface area contributed by atoms with Gasteiger partial charge in [0.05, 0.1) is 12.0 Å². The Hall–Kier alpha value is -4.31. The van der Waals surface area contributed by atoms with E-state index in [2.05, 4.69) is 10.4 Å². The van der Waals surface area contributed by atoms with Gasteiger partial charge in [-0.2, -0.15) is 5.10 Å². The molecule has 178 valence electrons. The number of ether oxygens (including phenoxy) is 1. The number of esters is 1. The predicted molar refractivity (Wildman–Crippen MR) is 132 cm³/mol. The topological polar surface area (TPSA) is 128 Å². The molecule has 35 heavy (non-hydrogen) atoms. The van der Waals surface area contributed by atoms with Gasteiger partial charge in [-0.05, 0) is 25.5 Å². The Kier molecular flexibility index (Phi) is 6.74. The van der Waals surface area contributed by atoms with Crippen molar-refractivity contribution in [2.45, 2.75) is 20.4 Å². The van der Waals surface area contributed by atoms with Crippen molar-refractivity contribution in [3.8, 4) is 11.1 Å². The first-order valence-corrected chi connectivity index (χ1v) is 11.5. The Morgan fingerprint density at radius 1 is 1.06 bits per heavy atom. The van der Waals surface area contributed by atoms with E-state index in [9.17, 15) is 24.3 Å². The summed E-state index contributed by atoms with van der Waals surface area (Å²) in [5.74, 6) is -2.54. The summed E-state index contributed by atoms with van der Waals surface area (Å²) in [6.45, 7) is 3.14. The smallest absolute Gasteiger partial charge is 0.357 e. The summed E-state index contributed by atoms with van der Waals surface area (Å²) in [5.41, 5.74) is 0.734. The fourth-order valence-corrected chi connectivity index (χ4v) is 4.87. The first-order valence-electron chi connectivity index (χ1n) is 10.7. The van der Waals surface area contributed by atoms with Crippen LogP contribution >= 0.6 is 11.3 Å². The Bertz CT molecular complexity index is 1510. The number of carbonyl (C=O) groups excluding carboxylic acids is 2. The van der Waals surface area contributed by atoms with E-state index in [1.807, 2.05) is 37.3 Å². The molecule has 1 amide bonds. The highest BCUT2D eigenvalue weighted by atomic mass is 32.1. The highest BCUT2D eigenvalue weighted by Crippen LogP contribution is 2.40. The van der Waals surface area contributed by atoms with Crippen LogP contribution in [0.2, 0.25) is 0 Å². The van der Waals surface area contributed by atoms with E-state index in [-0.39, 0.29) is 33.6 Å². The van der Waals surface area contributed by atoms with Crippen molar-refractivity contribution in [1.82, 2.24) is 9.78 Å². The average molecular weight is 492 g/mol. The molecule has 2 aromatic heterocycles. The largest absolute Gasteiger partial charge is 0.476 e. The van der Waals surface area contributed by atoms with Gasteiger partial charge in [0.15, 0.2) is 5.69 Å². The number of fused-ring (bicyclic) bond motifs is 1. The first-order chi connectivity index (χ1) is 16.8. The highest BCUT2D eigenvalue weighted by molar-refractivity contribution is 7.17. The van der Waals surface area contributed by atoms with Crippen LogP contribution in [-0.4, -0.2) is 39.3 Å². The summed E-state index contributed by atoms with van der Waals surface area (Å²) >= 11 is 1.21. The quantitative estimate of drug-likeness (QED) is 0.375. The Balaban J connectivity index is 1.72. The number of carboxylic acid groups (broad SMARTS) is 1. The minimum atomic E-state index is -1.32. The molecule has 0 atom stereocenters. The number of benzene rings is 2. The maximum atomic E-state index is 12.9. The molecule has 0 saturated carbocycles. The normalized spacial score (nSPS) is 10.8. The number of nitrogens with one attached hydrogen (secondary N) is 1. The van der Waals surface area contributed by atoms with Crippen LogP contribution in [0.5, 0.6) is 0 Å². The lowest BCUT2D eigenvalue weighted by molar-refractivity contribution is -0.117. The fourth-order valence-electron chi connectivity index (χ4n) is 3.79. The van der Waals surface area contributed by atoms with E-state index in [4.69, 9.17) is 4.74 Å². The zero-order chi connectivity index (χ0) is 25.1. The summed E-state index contributed by atoms with van der Waals surface area (Å²) in [5, 5.41) is 16.7. The van der Waals surface area contributed by atoms with Gasteiger partial charge in [-0.3, -0.25) is 9.59 Å². The number of aryl methyl sites for hydroxylation is 1. The molecule has 9 nitrogen and oxygen atoms in total. The maximum Gasteiger partial charge on any atom is 0.357 e. The van der Waals surface area contributed by atoms with E-state index in [0.717, 1.165) is 15.1 Å². The Labute approximate surface area is 203 Å². The van der Waals surface area contributed by atoms with Crippen LogP contribution in [0.15, 0.2) is 59.4 Å². The van der Waals surface area contributed by atoms with Gasteiger partial charge in [0.1, 0.15) is 17.1 Å². The number of hydrogen-bond acceptors (Lipinski definition) is 7. The van der Waals surface area contributed by atoms with Gasteiger partial charge in [0.2, 0.25) is 5.91 Å². The summed E-state index contributed by atoms with van der Waals surface area (Å²) < 4.78 is 6.05. The van der Waals surface area contributed by atoms with Gasteiger partial charge in [0.25, 0.3) is 5.56 Å². The highest BCUT2D eigenvalue weighted by Gasteiger charge is 2.26. The molecule has 2 heterocycles. The summed E-state index contributed by atoms with van der Waals surface area (Å²) in [6.07, 6.45) is 0. The second-order valence-corrected chi connectivity index (χ2v) is 8.76. The van der Waals surface area contributed by atoms with Gasteiger partial charge < -0.3 is 15.2 Å². The number of aromatic nitrogens is 2. The molecule has 2 aromatic carbocycles. The molecule has 0 radical (unpaired) electrons. The molecule has 0 spiro atoms. The van der Waals surface area contributed by atoms with Gasteiger partial charge >= 0.3 is 11.9 Å². The number of thiophene rings is 1. The molecule has 0 aliphatic carbocycles. The molecule has 0 bridgehead atoms. The second kappa shape index (κ2) is 9.90. The van der Waals surface area contributed by atoms with Gasteiger partial charge in [-0.25, -0.2) is 14.3 Å². The number of amides is 1. The maximum absolute atomic E-state index is 12.9. The number of anilines is 1. The fraction of sp³-hybridized carbons (Fsp3) is 0.160. The first kappa shape index (κ1) is 23.8. The minimum absolute atomic E-state index is 0.137. The Morgan fingerprint density at radius 3 is 2.37 bits per heavy atom. The van der Waals surface area contributed by atoms with Crippen LogP contribution in [0.1, 0.15) is 32.6 Å². The lowest BCUT2D eigenvalue weighted by atomic mass is 10.0. The molecule has 0 fully saturated rings. The second-order valence-electron chi connectivity index (χ2n) is 7.53. The van der Waals surface area contributed by atoms with Crippen molar-refractivity contribution in [2.75, 3.05) is 11.9 Å². The number of carbonyl (C=O) groups is 3. The molecular formula is C25H21N3O6S. The minimum Gasteiger partial charge on any atom is -0.476 e. The molecule has 4 aromatic rings. The van der Waals surface area contributed by atoms with Gasteiger partial charge in [-0.15, -0.1) is 11.3 Å². The van der Waals surface area contributed by atoms with Crippen molar-refractivity contribution in [1.29, 1.82) is 0 Å². The van der Waals surface area contributed by atoms with Gasteiger partial charge in [0, 0.05) is 15.8 Å². The van der Waals surface area contributed by atoms with Crippen LogP contribution in [0, 0.1) is 6.92 Å². The monoisotopic (exact) mass is 491 g/mol. The number of rotatable bonds is 7. The third kappa shape index (κ3) is 4.69. The van der Waals surface area contributed by atoms with Crippen LogP contribution in [0.3, 0.4) is 0 Å². The van der Waals surface area contributed by atoms with Crippen molar-refractivity contribution >= 4 is 45.0 Å². The van der Waals surface area contributed by atoms with Crippen molar-refractivity contribution in [3.05, 3.63) is 81.1 Å². The number of carboxylic acids is 1. The van der Waals surface area contributed by atoms with Crippen molar-refractivity contribution in [3.63, 3.8) is 0 Å². The third-order valence-corrected chi connectivity index (χ3v) is 6.26. The number of nitrogens with zero attached hydrogens (tertiary/aromatic N) is 2. The molecule has 2 N–H and O–H groups in total. The molecule has 4 rings (SSSR count). The van der Waals surface area contributed by atoms with Crippen LogP contribution < -0.4 is 10.9 Å². The van der Waals surface area contributed by atoms with Crippen molar-refractivity contribution < 1.29 is 24.2 Å².